The van der Waals surface area contributed by atoms with Gasteiger partial charge in [0.2, 0.25) is 11.8 Å². The summed E-state index contributed by atoms with van der Waals surface area (Å²) in [5.41, 5.74) is -5.10. The Morgan fingerprint density at radius 2 is 0.884 bits per heavy atom. The van der Waals surface area contributed by atoms with Gasteiger partial charge in [0.1, 0.15) is 45.7 Å². The van der Waals surface area contributed by atoms with E-state index in [-0.39, 0.29) is 81.4 Å². The van der Waals surface area contributed by atoms with Gasteiger partial charge in [0.05, 0.1) is 45.4 Å². The van der Waals surface area contributed by atoms with Crippen molar-refractivity contribution in [2.45, 2.75) is 129 Å². The topological polar surface area (TPSA) is 204 Å². The number of aromatic carboxylic acids is 2. The zero-order chi connectivity index (χ0) is 62.0. The molecule has 6 N–H and O–H groups in total. The number of nitrogens with one attached hydrogen (secondary N) is 4. The molecule has 86 heavy (non-hydrogen) atoms. The van der Waals surface area contributed by atoms with E-state index in [1.807, 2.05) is 41.5 Å². The van der Waals surface area contributed by atoms with E-state index in [1.165, 1.54) is 72.8 Å². The highest BCUT2D eigenvalue weighted by molar-refractivity contribution is 6.31. The van der Waals surface area contributed by atoms with Crippen molar-refractivity contribution in [1.29, 1.82) is 10.5 Å². The number of nitriles is 2. The molecule has 8 rings (SSSR count). The van der Waals surface area contributed by atoms with Gasteiger partial charge in [-0.3, -0.25) is 9.59 Å². The SMILES string of the molecule is C.C.CC(C)(C)C[C@@H]1N[C@@H](C(=O)NCc2ccc(C(=O)O)c(F)c2)[C@H](c2cccc(Cl)c2F)[C@@]1(C#N)c1ccc(Cl)cc1F.CC(C)(C)C[C@H]1N[C@H](C(=O)NCc2ccc(C(=O)O)c(F)c2)[C@@H](c2cccc(Cl)c2F)[C@]1(C#N)c1ccc(Cl)cc1F. The first kappa shape index (κ1) is 69.6. The molecule has 0 unspecified atom stereocenters. The standard InChI is InChI=1S/2C31H28Cl2F3N3O3.2CH4/c2*1-30(2,3)13-24-31(15-37,20-10-8-17(32)12-23(20)35)25(19-5-4-6-21(33)26(19)36)27(39-24)28(40)38-14-16-7-9-18(29(41)42)22(34)11-16;;/h2*4-12,24-25,27,39H,13-14H2,1-3H3,(H,38,40)(H,41,42);2*1H4/t2*24-,25-,27+,31-;;/m10../s1. The molecular weight excluding hydrogens is 1200 g/mol. The van der Waals surface area contributed by atoms with E-state index in [2.05, 4.69) is 33.4 Å². The Morgan fingerprint density at radius 1 is 0.535 bits per heavy atom. The van der Waals surface area contributed by atoms with Crippen LogP contribution in [0, 0.1) is 68.4 Å². The summed E-state index contributed by atoms with van der Waals surface area (Å²) < 4.78 is 91.3. The van der Waals surface area contributed by atoms with Crippen LogP contribution in [0.3, 0.4) is 0 Å². The fraction of sp³-hybridized carbons (Fsp3) is 0.344. The van der Waals surface area contributed by atoms with Gasteiger partial charge in [0.25, 0.3) is 0 Å². The number of benzene rings is 6. The lowest BCUT2D eigenvalue weighted by Gasteiger charge is -2.37. The van der Waals surface area contributed by atoms with Crippen LogP contribution in [0.15, 0.2) is 109 Å². The van der Waals surface area contributed by atoms with Crippen LogP contribution in [0.2, 0.25) is 20.1 Å². The van der Waals surface area contributed by atoms with Crippen LogP contribution in [0.1, 0.15) is 135 Å². The Bertz CT molecular complexity index is 3410. The van der Waals surface area contributed by atoms with E-state index in [0.717, 1.165) is 36.4 Å². The van der Waals surface area contributed by atoms with E-state index in [1.54, 1.807) is 0 Å². The minimum absolute atomic E-state index is 0. The quantitative estimate of drug-likeness (QED) is 0.0569. The Balaban J connectivity index is 0.000000307. The van der Waals surface area contributed by atoms with Gasteiger partial charge in [-0.25, -0.2) is 35.9 Å². The molecule has 0 radical (unpaired) electrons. The molecular formula is C64H64Cl4F6N6O6. The molecule has 0 spiro atoms. The molecule has 2 amide bonds. The van der Waals surface area contributed by atoms with Crippen molar-refractivity contribution in [1.82, 2.24) is 21.3 Å². The number of carbonyl (C=O) groups excluding carboxylic acids is 2. The number of halogens is 10. The first-order valence-electron chi connectivity index (χ1n) is 26.1. The molecule has 2 saturated heterocycles. The van der Waals surface area contributed by atoms with Gasteiger partial charge in [-0.1, -0.05) is 151 Å². The Kier molecular flexibility index (Phi) is 22.4. The number of carboxylic acids is 2. The summed E-state index contributed by atoms with van der Waals surface area (Å²) in [7, 11) is 0. The second-order valence-electron chi connectivity index (χ2n) is 23.0. The van der Waals surface area contributed by atoms with Crippen LogP contribution in [0.5, 0.6) is 0 Å². The molecule has 2 aliphatic heterocycles. The number of carbonyl (C=O) groups is 4. The second-order valence-corrected chi connectivity index (χ2v) is 24.7. The fourth-order valence-electron chi connectivity index (χ4n) is 11.4. The Labute approximate surface area is 515 Å². The predicted octanol–water partition coefficient (Wildman–Crippen LogP) is 14.8. The second kappa shape index (κ2) is 27.7. The highest BCUT2D eigenvalue weighted by atomic mass is 35.5. The van der Waals surface area contributed by atoms with Crippen molar-refractivity contribution < 1.29 is 55.7 Å². The van der Waals surface area contributed by atoms with Crippen molar-refractivity contribution in [3.8, 4) is 12.1 Å². The normalized spacial score (nSPS) is 21.5. The predicted molar refractivity (Wildman–Crippen MR) is 319 cm³/mol. The highest BCUT2D eigenvalue weighted by Gasteiger charge is 2.63. The van der Waals surface area contributed by atoms with E-state index in [4.69, 9.17) is 56.6 Å². The molecule has 22 heteroatoms. The van der Waals surface area contributed by atoms with Gasteiger partial charge in [0.15, 0.2) is 0 Å². The van der Waals surface area contributed by atoms with E-state index >= 15 is 17.6 Å². The summed E-state index contributed by atoms with van der Waals surface area (Å²) in [5.74, 6) is -11.9. The van der Waals surface area contributed by atoms with Crippen LogP contribution in [0.4, 0.5) is 26.3 Å². The summed E-state index contributed by atoms with van der Waals surface area (Å²) in [6, 6.07) is 23.4. The molecule has 0 aromatic heterocycles. The number of rotatable bonds is 14. The van der Waals surface area contributed by atoms with Crippen LogP contribution >= 0.6 is 46.4 Å². The number of hydrogen-bond donors (Lipinski definition) is 6. The van der Waals surface area contributed by atoms with E-state index in [9.17, 15) is 38.5 Å². The first-order valence-corrected chi connectivity index (χ1v) is 27.6. The van der Waals surface area contributed by atoms with Crippen molar-refractivity contribution in [2.75, 3.05) is 0 Å². The molecule has 0 saturated carbocycles. The van der Waals surface area contributed by atoms with Crippen LogP contribution < -0.4 is 21.3 Å². The minimum atomic E-state index is -1.79. The van der Waals surface area contributed by atoms with Gasteiger partial charge in [0, 0.05) is 58.2 Å². The van der Waals surface area contributed by atoms with Gasteiger partial charge >= 0.3 is 11.9 Å². The summed E-state index contributed by atoms with van der Waals surface area (Å²) in [6.45, 7) is 11.1. The maximum absolute atomic E-state index is 15.7. The van der Waals surface area contributed by atoms with Crippen molar-refractivity contribution >= 4 is 70.2 Å². The number of hydrogen-bond acceptors (Lipinski definition) is 8. The lowest BCUT2D eigenvalue weighted by Crippen LogP contribution is -2.45. The maximum Gasteiger partial charge on any atom is 0.338 e. The van der Waals surface area contributed by atoms with Crippen molar-refractivity contribution in [3.63, 3.8) is 0 Å². The van der Waals surface area contributed by atoms with Crippen LogP contribution in [-0.2, 0) is 33.5 Å². The molecule has 0 aliphatic carbocycles. The lowest BCUT2D eigenvalue weighted by atomic mass is 9.62. The number of carboxylic acid groups (broad SMARTS) is 2. The zero-order valence-electron chi connectivity index (χ0n) is 45.9. The van der Waals surface area contributed by atoms with E-state index < -0.39 is 127 Å². The summed E-state index contributed by atoms with van der Waals surface area (Å²) in [4.78, 5) is 49.9. The molecule has 8 atom stereocenters. The third-order valence-corrected chi connectivity index (χ3v) is 16.0. The van der Waals surface area contributed by atoms with Gasteiger partial charge in [-0.2, -0.15) is 10.5 Å². The zero-order valence-corrected chi connectivity index (χ0v) is 48.9. The fourth-order valence-corrected chi connectivity index (χ4v) is 12.1. The Hall–Kier alpha value is -7.16. The minimum Gasteiger partial charge on any atom is -0.478 e. The third kappa shape index (κ3) is 14.5. The molecule has 2 fully saturated rings. The number of nitrogens with zero attached hydrogens (tertiary/aromatic N) is 2. The monoisotopic (exact) mass is 1270 g/mol. The van der Waals surface area contributed by atoms with Crippen LogP contribution in [-0.4, -0.2) is 58.1 Å². The molecule has 6 aromatic rings. The third-order valence-electron chi connectivity index (χ3n) is 14.9. The van der Waals surface area contributed by atoms with Crippen LogP contribution in [0.25, 0.3) is 0 Å². The van der Waals surface area contributed by atoms with Gasteiger partial charge < -0.3 is 31.5 Å². The average molecular weight is 1270 g/mol. The highest BCUT2D eigenvalue weighted by Crippen LogP contribution is 2.55. The molecule has 6 aromatic carbocycles. The van der Waals surface area contributed by atoms with Crippen molar-refractivity contribution in [2.24, 2.45) is 10.8 Å². The largest absolute Gasteiger partial charge is 0.478 e. The molecule has 2 heterocycles. The summed E-state index contributed by atoms with van der Waals surface area (Å²) in [5, 5.41) is 51.4. The Morgan fingerprint density at radius 3 is 1.17 bits per heavy atom. The average Bonchev–Trinajstić information content (AvgIpc) is 1.56. The molecule has 12 nitrogen and oxygen atoms in total. The maximum atomic E-state index is 15.7. The molecule has 456 valence electrons. The summed E-state index contributed by atoms with van der Waals surface area (Å²) >= 11 is 24.3. The van der Waals surface area contributed by atoms with Crippen molar-refractivity contribution in [3.05, 3.63) is 209 Å². The smallest absolute Gasteiger partial charge is 0.338 e. The molecule has 2 aliphatic rings. The van der Waals surface area contributed by atoms with Gasteiger partial charge in [-0.05, 0) is 107 Å². The lowest BCUT2D eigenvalue weighted by molar-refractivity contribution is -0.124. The number of amides is 2. The molecule has 0 bridgehead atoms. The first-order chi connectivity index (χ1) is 39.4. The van der Waals surface area contributed by atoms with E-state index in [0.29, 0.717) is 12.8 Å². The van der Waals surface area contributed by atoms with Gasteiger partial charge in [-0.15, -0.1) is 0 Å². The summed E-state index contributed by atoms with van der Waals surface area (Å²) in [6.07, 6.45) is 0.597.